The normalized spacial score (nSPS) is 13.0. The van der Waals surface area contributed by atoms with Crippen LogP contribution in [0.3, 0.4) is 0 Å². The Morgan fingerprint density at radius 3 is 2.73 bits per heavy atom. The van der Waals surface area contributed by atoms with Gasteiger partial charge in [-0.25, -0.2) is 0 Å². The van der Waals surface area contributed by atoms with Crippen LogP contribution in [0.1, 0.15) is 16.8 Å². The Morgan fingerprint density at radius 2 is 1.87 bits per heavy atom. The van der Waals surface area contributed by atoms with Gasteiger partial charge in [0, 0.05) is 18.7 Å². The number of anilines is 1. The van der Waals surface area contributed by atoms with E-state index in [1.54, 1.807) is 0 Å². The lowest BCUT2D eigenvalue weighted by atomic mass is 10.1. The first kappa shape index (κ1) is 19.0. The highest BCUT2D eigenvalue weighted by molar-refractivity contribution is 8.01. The summed E-state index contributed by atoms with van der Waals surface area (Å²) in [6.45, 7) is 0.701. The summed E-state index contributed by atoms with van der Waals surface area (Å²) in [5, 5.41) is 12.6. The smallest absolute Gasteiger partial charge is 0.297 e. The Morgan fingerprint density at radius 1 is 1.07 bits per heavy atom. The van der Waals surface area contributed by atoms with Crippen LogP contribution in [-0.2, 0) is 17.6 Å². The first-order valence-corrected chi connectivity index (χ1v) is 11.3. The van der Waals surface area contributed by atoms with Gasteiger partial charge in [-0.1, -0.05) is 71.6 Å². The van der Waals surface area contributed by atoms with Crippen molar-refractivity contribution in [3.63, 3.8) is 0 Å². The van der Waals surface area contributed by atoms with Gasteiger partial charge in [-0.05, 0) is 23.6 Å². The number of thioether (sulfide) groups is 1. The van der Waals surface area contributed by atoms with Crippen LogP contribution in [0.25, 0.3) is 4.96 Å². The second kappa shape index (κ2) is 8.00. The lowest BCUT2D eigenvalue weighted by Crippen LogP contribution is -2.30. The van der Waals surface area contributed by atoms with Gasteiger partial charge in [0.2, 0.25) is 10.9 Å². The van der Waals surface area contributed by atoms with Crippen LogP contribution >= 0.6 is 23.1 Å². The van der Waals surface area contributed by atoms with Crippen LogP contribution in [0, 0.1) is 0 Å². The Labute approximate surface area is 180 Å². The van der Waals surface area contributed by atoms with Gasteiger partial charge >= 0.3 is 0 Å². The zero-order valence-corrected chi connectivity index (χ0v) is 17.5. The molecule has 0 fully saturated rings. The summed E-state index contributed by atoms with van der Waals surface area (Å²) in [4.78, 5) is 27.7. The highest BCUT2D eigenvalue weighted by Crippen LogP contribution is 2.29. The third-order valence-corrected chi connectivity index (χ3v) is 6.98. The van der Waals surface area contributed by atoms with Gasteiger partial charge in [0.1, 0.15) is 5.69 Å². The number of fused-ring (bicyclic) bond motifs is 2. The molecule has 30 heavy (non-hydrogen) atoms. The molecule has 1 amide bonds. The monoisotopic (exact) mass is 435 g/mol. The maximum absolute atomic E-state index is 12.8. The number of carbonyl (C=O) groups excluding carboxylic acids is 1. The van der Waals surface area contributed by atoms with Crippen LogP contribution < -0.4 is 10.5 Å². The summed E-state index contributed by atoms with van der Waals surface area (Å²) in [7, 11) is 0. The predicted octanol–water partition coefficient (Wildman–Crippen LogP) is 2.82. The summed E-state index contributed by atoms with van der Waals surface area (Å²) in [5.41, 5.74) is 3.26. The van der Waals surface area contributed by atoms with Crippen molar-refractivity contribution in [3.8, 4) is 0 Å². The van der Waals surface area contributed by atoms with E-state index in [0.29, 0.717) is 28.0 Å². The van der Waals surface area contributed by atoms with E-state index in [9.17, 15) is 9.59 Å². The third kappa shape index (κ3) is 3.61. The average Bonchev–Trinajstić information content (AvgIpc) is 3.39. The fourth-order valence-electron chi connectivity index (χ4n) is 3.49. The molecule has 5 rings (SSSR count). The molecule has 150 valence electrons. The Balaban J connectivity index is 1.32. The molecule has 0 saturated carbocycles. The fourth-order valence-corrected chi connectivity index (χ4v) is 5.24. The fraction of sp³-hybridized carbons (Fsp3) is 0.190. The van der Waals surface area contributed by atoms with Gasteiger partial charge < -0.3 is 4.90 Å². The molecule has 9 heteroatoms. The molecular weight excluding hydrogens is 418 g/mol. The maximum atomic E-state index is 12.8. The van der Waals surface area contributed by atoms with Gasteiger partial charge in [0.05, 0.1) is 5.75 Å². The lowest BCUT2D eigenvalue weighted by Gasteiger charge is -2.16. The van der Waals surface area contributed by atoms with Crippen molar-refractivity contribution >= 4 is 39.7 Å². The predicted molar refractivity (Wildman–Crippen MR) is 117 cm³/mol. The standard InChI is InChI=1S/C21H17N5O2S2/c27-18(25-11-10-15-8-4-5-9-17(15)25)13-29-21-24-26-19(28)16(22-23-20(26)30-21)12-14-6-2-1-3-7-14/h1-9H,10-13H2. The highest BCUT2D eigenvalue weighted by atomic mass is 32.2. The molecule has 2 aromatic heterocycles. The molecule has 4 aromatic rings. The highest BCUT2D eigenvalue weighted by Gasteiger charge is 2.24. The minimum atomic E-state index is -0.272. The van der Waals surface area contributed by atoms with Crippen molar-refractivity contribution < 1.29 is 4.79 Å². The quantitative estimate of drug-likeness (QED) is 0.449. The van der Waals surface area contributed by atoms with E-state index in [2.05, 4.69) is 21.4 Å². The molecule has 0 radical (unpaired) electrons. The molecule has 0 saturated heterocycles. The molecule has 2 aromatic carbocycles. The van der Waals surface area contributed by atoms with Gasteiger partial charge in [0.15, 0.2) is 4.34 Å². The first-order valence-electron chi connectivity index (χ1n) is 9.49. The second-order valence-corrected chi connectivity index (χ2v) is 9.07. The molecule has 7 nitrogen and oxygen atoms in total. The number of aromatic nitrogens is 4. The van der Waals surface area contributed by atoms with Crippen LogP contribution in [-0.4, -0.2) is 38.0 Å². The lowest BCUT2D eigenvalue weighted by molar-refractivity contribution is -0.116. The largest absolute Gasteiger partial charge is 0.311 e. The van der Waals surface area contributed by atoms with Gasteiger partial charge in [0.25, 0.3) is 5.56 Å². The molecule has 1 aliphatic heterocycles. The van der Waals surface area contributed by atoms with E-state index in [4.69, 9.17) is 0 Å². The van der Waals surface area contributed by atoms with Crippen molar-refractivity contribution in [1.29, 1.82) is 0 Å². The minimum absolute atomic E-state index is 0.0346. The molecule has 0 bridgehead atoms. The zero-order chi connectivity index (χ0) is 20.5. The summed E-state index contributed by atoms with van der Waals surface area (Å²) in [5.74, 6) is 0.292. The topological polar surface area (TPSA) is 80.5 Å². The summed E-state index contributed by atoms with van der Waals surface area (Å²) in [6, 6.07) is 17.6. The molecule has 0 N–H and O–H groups in total. The van der Waals surface area contributed by atoms with E-state index in [-0.39, 0.29) is 17.2 Å². The first-order chi connectivity index (χ1) is 14.7. The van der Waals surface area contributed by atoms with Crippen molar-refractivity contribution in [2.45, 2.75) is 17.2 Å². The van der Waals surface area contributed by atoms with Gasteiger partial charge in [-0.3, -0.25) is 9.59 Å². The van der Waals surface area contributed by atoms with Gasteiger partial charge in [-0.2, -0.15) is 4.52 Å². The molecule has 0 atom stereocenters. The van der Waals surface area contributed by atoms with E-state index in [1.165, 1.54) is 33.2 Å². The Bertz CT molecular complexity index is 1290. The number of carbonyl (C=O) groups is 1. The Hall–Kier alpha value is -3.04. The van der Waals surface area contributed by atoms with Crippen molar-refractivity contribution in [2.24, 2.45) is 0 Å². The van der Waals surface area contributed by atoms with Crippen molar-refractivity contribution in [3.05, 3.63) is 81.8 Å². The average molecular weight is 436 g/mol. The SMILES string of the molecule is O=C(CSc1nn2c(=O)c(Cc3ccccc3)nnc2s1)N1CCc2ccccc21. The van der Waals surface area contributed by atoms with Gasteiger partial charge in [-0.15, -0.1) is 15.3 Å². The summed E-state index contributed by atoms with van der Waals surface area (Å²) in [6.07, 6.45) is 1.28. The van der Waals surface area contributed by atoms with Crippen LogP contribution in [0.2, 0.25) is 0 Å². The molecule has 0 aliphatic carbocycles. The van der Waals surface area contributed by atoms with Crippen LogP contribution in [0.5, 0.6) is 0 Å². The summed E-state index contributed by atoms with van der Waals surface area (Å²) >= 11 is 2.59. The molecule has 0 unspecified atom stereocenters. The summed E-state index contributed by atoms with van der Waals surface area (Å²) < 4.78 is 1.91. The minimum Gasteiger partial charge on any atom is -0.311 e. The number of amides is 1. The number of benzene rings is 2. The number of rotatable bonds is 5. The number of para-hydroxylation sites is 1. The van der Waals surface area contributed by atoms with E-state index < -0.39 is 0 Å². The molecular formula is C21H17N5O2S2. The molecule has 3 heterocycles. The maximum Gasteiger partial charge on any atom is 0.297 e. The van der Waals surface area contributed by atoms with Crippen molar-refractivity contribution in [1.82, 2.24) is 19.8 Å². The zero-order valence-electron chi connectivity index (χ0n) is 15.9. The number of hydrogen-bond donors (Lipinski definition) is 0. The third-order valence-electron chi connectivity index (χ3n) is 4.96. The Kier molecular flexibility index (Phi) is 5.06. The molecule has 1 aliphatic rings. The van der Waals surface area contributed by atoms with E-state index >= 15 is 0 Å². The van der Waals surface area contributed by atoms with Crippen LogP contribution in [0.4, 0.5) is 5.69 Å². The van der Waals surface area contributed by atoms with E-state index in [1.807, 2.05) is 53.4 Å². The van der Waals surface area contributed by atoms with Crippen LogP contribution in [0.15, 0.2) is 63.7 Å². The van der Waals surface area contributed by atoms with Crippen molar-refractivity contribution in [2.75, 3.05) is 17.2 Å². The molecule has 0 spiro atoms. The number of nitrogens with zero attached hydrogens (tertiary/aromatic N) is 5. The second-order valence-electron chi connectivity index (χ2n) is 6.89. The van der Waals surface area contributed by atoms with E-state index in [0.717, 1.165) is 17.7 Å². The number of hydrogen-bond acceptors (Lipinski definition) is 7.